The van der Waals surface area contributed by atoms with Crippen LogP contribution < -0.4 is 9.64 Å². The van der Waals surface area contributed by atoms with E-state index in [1.165, 1.54) is 18.5 Å². The lowest BCUT2D eigenvalue weighted by molar-refractivity contribution is 0.0890. The summed E-state index contributed by atoms with van der Waals surface area (Å²) in [5.74, 6) is 1.90. The van der Waals surface area contributed by atoms with Gasteiger partial charge in [-0.1, -0.05) is 19.8 Å². The van der Waals surface area contributed by atoms with E-state index in [0.717, 1.165) is 70.2 Å². The van der Waals surface area contributed by atoms with E-state index in [4.69, 9.17) is 9.47 Å². The second-order valence-corrected chi connectivity index (χ2v) is 8.23. The van der Waals surface area contributed by atoms with E-state index in [1.54, 1.807) is 7.11 Å². The van der Waals surface area contributed by atoms with Crippen molar-refractivity contribution in [1.82, 2.24) is 25.1 Å². The monoisotopic (exact) mass is 414 g/mol. The third-order valence-electron chi connectivity index (χ3n) is 6.28. The molecule has 3 heterocycles. The molecule has 2 fully saturated rings. The molecule has 0 saturated carbocycles. The molecule has 0 spiro atoms. The minimum atomic E-state index is 0.242. The predicted octanol–water partition coefficient (Wildman–Crippen LogP) is 2.91. The Kier molecular flexibility index (Phi) is 7.17. The first-order valence-electron chi connectivity index (χ1n) is 11.3. The van der Waals surface area contributed by atoms with Gasteiger partial charge in [-0.2, -0.15) is 0 Å². The molecule has 2 atom stereocenters. The van der Waals surface area contributed by atoms with Crippen molar-refractivity contribution in [2.45, 2.75) is 57.7 Å². The zero-order chi connectivity index (χ0) is 20.8. The molecule has 0 aliphatic carbocycles. The number of tetrazole rings is 1. The van der Waals surface area contributed by atoms with E-state index < -0.39 is 0 Å². The molecule has 8 nitrogen and oxygen atoms in total. The second kappa shape index (κ2) is 10.2. The van der Waals surface area contributed by atoms with Gasteiger partial charge in [0.2, 0.25) is 0 Å². The molecule has 4 rings (SSSR count). The van der Waals surface area contributed by atoms with Crippen LogP contribution in [0.15, 0.2) is 24.3 Å². The van der Waals surface area contributed by atoms with Gasteiger partial charge in [0.15, 0.2) is 5.82 Å². The predicted molar refractivity (Wildman–Crippen MR) is 116 cm³/mol. The standard InChI is InChI=1S/C22H34N6O2/c1-3-4-7-21(22-23-24-25-28(22)17-20-6-5-16-30-20)27-14-12-26(13-15-27)18-8-10-19(29-2)11-9-18/h8-11,20-21H,3-7,12-17H2,1-2H3/t20-,21-/m1/s1. The van der Waals surface area contributed by atoms with Gasteiger partial charge in [0.1, 0.15) is 5.75 Å². The normalized spacial score (nSPS) is 21.1. The second-order valence-electron chi connectivity index (χ2n) is 8.23. The van der Waals surface area contributed by atoms with Crippen LogP contribution in [-0.2, 0) is 11.3 Å². The van der Waals surface area contributed by atoms with Crippen LogP contribution in [0, 0.1) is 0 Å². The molecule has 1 aromatic carbocycles. The topological polar surface area (TPSA) is 68.5 Å². The van der Waals surface area contributed by atoms with E-state index in [-0.39, 0.29) is 12.1 Å². The molecule has 2 saturated heterocycles. The number of methoxy groups -OCH3 is 1. The molecular formula is C22H34N6O2. The van der Waals surface area contributed by atoms with Gasteiger partial charge >= 0.3 is 0 Å². The average Bonchev–Trinajstić information content (AvgIpc) is 3.47. The first kappa shape index (κ1) is 21.1. The zero-order valence-corrected chi connectivity index (χ0v) is 18.2. The molecule has 0 amide bonds. The summed E-state index contributed by atoms with van der Waals surface area (Å²) in [6.07, 6.45) is 5.91. The Balaban J connectivity index is 1.42. The van der Waals surface area contributed by atoms with Crippen LogP contribution in [0.4, 0.5) is 5.69 Å². The lowest BCUT2D eigenvalue weighted by Gasteiger charge is -2.40. The van der Waals surface area contributed by atoms with E-state index in [1.807, 2.05) is 16.8 Å². The number of aromatic nitrogens is 4. The summed E-state index contributed by atoms with van der Waals surface area (Å²) in [4.78, 5) is 5.01. The van der Waals surface area contributed by atoms with Gasteiger partial charge in [0, 0.05) is 38.5 Å². The molecule has 0 unspecified atom stereocenters. The number of ether oxygens (including phenoxy) is 2. The molecule has 2 aliphatic rings. The summed E-state index contributed by atoms with van der Waals surface area (Å²) in [5.41, 5.74) is 1.25. The van der Waals surface area contributed by atoms with Crippen molar-refractivity contribution < 1.29 is 9.47 Å². The number of piperazine rings is 1. The van der Waals surface area contributed by atoms with Crippen molar-refractivity contribution in [2.75, 3.05) is 44.8 Å². The minimum Gasteiger partial charge on any atom is -0.497 e. The fraction of sp³-hybridized carbons (Fsp3) is 0.682. The van der Waals surface area contributed by atoms with Crippen LogP contribution in [0.3, 0.4) is 0 Å². The molecule has 8 heteroatoms. The zero-order valence-electron chi connectivity index (χ0n) is 18.2. The van der Waals surface area contributed by atoms with Gasteiger partial charge < -0.3 is 14.4 Å². The van der Waals surface area contributed by atoms with E-state index in [9.17, 15) is 0 Å². The summed E-state index contributed by atoms with van der Waals surface area (Å²) in [6.45, 7) is 7.88. The summed E-state index contributed by atoms with van der Waals surface area (Å²) in [6, 6.07) is 8.62. The van der Waals surface area contributed by atoms with Crippen LogP contribution in [0.1, 0.15) is 50.9 Å². The number of anilines is 1. The van der Waals surface area contributed by atoms with Crippen molar-refractivity contribution in [3.63, 3.8) is 0 Å². The molecule has 2 aliphatic heterocycles. The maximum Gasteiger partial charge on any atom is 0.168 e. The van der Waals surface area contributed by atoms with Gasteiger partial charge in [-0.25, -0.2) is 4.68 Å². The average molecular weight is 415 g/mol. The number of hydrogen-bond donors (Lipinski definition) is 0. The Hall–Kier alpha value is -2.19. The van der Waals surface area contributed by atoms with Crippen molar-refractivity contribution in [3.05, 3.63) is 30.1 Å². The highest BCUT2D eigenvalue weighted by atomic mass is 16.5. The number of unbranched alkanes of at least 4 members (excludes halogenated alkanes) is 1. The third kappa shape index (κ3) is 4.92. The van der Waals surface area contributed by atoms with Gasteiger partial charge in [0.25, 0.3) is 0 Å². The minimum absolute atomic E-state index is 0.242. The van der Waals surface area contributed by atoms with Crippen molar-refractivity contribution >= 4 is 5.69 Å². The van der Waals surface area contributed by atoms with Crippen LogP contribution in [0.25, 0.3) is 0 Å². The van der Waals surface area contributed by atoms with Crippen molar-refractivity contribution in [2.24, 2.45) is 0 Å². The third-order valence-corrected chi connectivity index (χ3v) is 6.28. The molecular weight excluding hydrogens is 380 g/mol. The molecule has 0 N–H and O–H groups in total. The summed E-state index contributed by atoms with van der Waals surface area (Å²) in [7, 11) is 1.71. The molecule has 30 heavy (non-hydrogen) atoms. The van der Waals surface area contributed by atoms with Crippen molar-refractivity contribution in [1.29, 1.82) is 0 Å². The van der Waals surface area contributed by atoms with E-state index in [2.05, 4.69) is 44.4 Å². The fourth-order valence-electron chi connectivity index (χ4n) is 4.52. The Bertz CT molecular complexity index is 766. The highest BCUT2D eigenvalue weighted by Crippen LogP contribution is 2.28. The SMILES string of the molecule is CCCC[C@H](c1nnnn1C[C@H]1CCCO1)N1CCN(c2ccc(OC)cc2)CC1. The molecule has 2 aromatic rings. The van der Waals surface area contributed by atoms with E-state index >= 15 is 0 Å². The number of hydrogen-bond acceptors (Lipinski definition) is 7. The van der Waals surface area contributed by atoms with Gasteiger partial charge in [-0.3, -0.25) is 4.90 Å². The molecule has 0 bridgehead atoms. The first-order chi connectivity index (χ1) is 14.8. The van der Waals surface area contributed by atoms with E-state index in [0.29, 0.717) is 0 Å². The Morgan fingerprint density at radius 3 is 2.63 bits per heavy atom. The van der Waals surface area contributed by atoms with Crippen molar-refractivity contribution in [3.8, 4) is 5.75 Å². The first-order valence-corrected chi connectivity index (χ1v) is 11.3. The molecule has 0 radical (unpaired) electrons. The summed E-state index contributed by atoms with van der Waals surface area (Å²) >= 11 is 0. The Morgan fingerprint density at radius 1 is 1.17 bits per heavy atom. The highest BCUT2D eigenvalue weighted by Gasteiger charge is 2.30. The van der Waals surface area contributed by atoms with Crippen LogP contribution >= 0.6 is 0 Å². The largest absolute Gasteiger partial charge is 0.497 e. The molecule has 164 valence electrons. The highest BCUT2D eigenvalue weighted by molar-refractivity contribution is 5.49. The number of benzene rings is 1. The fourth-order valence-corrected chi connectivity index (χ4v) is 4.52. The summed E-state index contributed by atoms with van der Waals surface area (Å²) in [5, 5.41) is 12.8. The lowest BCUT2D eigenvalue weighted by atomic mass is 10.1. The number of nitrogens with zero attached hydrogens (tertiary/aromatic N) is 6. The van der Waals surface area contributed by atoms with Crippen LogP contribution in [-0.4, -0.2) is 71.1 Å². The Labute approximate surface area is 179 Å². The van der Waals surface area contributed by atoms with Gasteiger partial charge in [0.05, 0.1) is 25.8 Å². The van der Waals surface area contributed by atoms with Gasteiger partial charge in [-0.15, -0.1) is 5.10 Å². The molecule has 1 aromatic heterocycles. The summed E-state index contributed by atoms with van der Waals surface area (Å²) < 4.78 is 13.1. The maximum atomic E-state index is 5.82. The smallest absolute Gasteiger partial charge is 0.168 e. The maximum absolute atomic E-state index is 5.82. The van der Waals surface area contributed by atoms with Gasteiger partial charge in [-0.05, 0) is 54.0 Å². The number of rotatable bonds is 9. The quantitative estimate of drug-likeness (QED) is 0.625. The Morgan fingerprint density at radius 2 is 1.97 bits per heavy atom. The van der Waals surface area contributed by atoms with Crippen LogP contribution in [0.5, 0.6) is 5.75 Å². The van der Waals surface area contributed by atoms with Crippen LogP contribution in [0.2, 0.25) is 0 Å². The lowest BCUT2D eigenvalue weighted by Crippen LogP contribution is -2.48.